The van der Waals surface area contributed by atoms with Gasteiger partial charge in [0.2, 0.25) is 26.0 Å². The van der Waals surface area contributed by atoms with Gasteiger partial charge in [0.05, 0.1) is 10.6 Å². The van der Waals surface area contributed by atoms with E-state index in [9.17, 15) is 21.6 Å². The minimum absolute atomic E-state index is 0.00807. The van der Waals surface area contributed by atoms with Crippen LogP contribution >= 0.6 is 11.6 Å². The van der Waals surface area contributed by atoms with E-state index in [2.05, 4.69) is 10.3 Å². The van der Waals surface area contributed by atoms with Gasteiger partial charge < -0.3 is 5.32 Å². The number of hydrogen-bond acceptors (Lipinski definition) is 6. The molecule has 1 amide bonds. The van der Waals surface area contributed by atoms with Gasteiger partial charge in [-0.15, -0.1) is 0 Å². The van der Waals surface area contributed by atoms with Gasteiger partial charge >= 0.3 is 0 Å². The molecule has 39 heavy (non-hydrogen) atoms. The lowest BCUT2D eigenvalue weighted by atomic mass is 9.98. The maximum absolute atomic E-state index is 14.0. The van der Waals surface area contributed by atoms with Crippen molar-refractivity contribution in [2.75, 3.05) is 18.8 Å². The number of nitrogens with zero attached hydrogens (tertiary/aromatic N) is 2. The maximum atomic E-state index is 14.0. The van der Waals surface area contributed by atoms with Crippen LogP contribution in [0.5, 0.6) is 0 Å². The molecule has 1 atom stereocenters. The normalized spacial score (nSPS) is 12.9. The van der Waals surface area contributed by atoms with Crippen molar-refractivity contribution in [3.8, 4) is 11.1 Å². The number of nitrogens with two attached hydrogens (primary N) is 1. The molecule has 0 saturated carbocycles. The minimum Gasteiger partial charge on any atom is -0.355 e. The van der Waals surface area contributed by atoms with Crippen LogP contribution in [0.2, 0.25) is 5.02 Å². The van der Waals surface area contributed by atoms with E-state index in [4.69, 9.17) is 16.7 Å². The molecule has 9 nitrogen and oxygen atoms in total. The van der Waals surface area contributed by atoms with Crippen molar-refractivity contribution >= 4 is 37.6 Å². The van der Waals surface area contributed by atoms with Crippen molar-refractivity contribution in [2.24, 2.45) is 5.14 Å². The third kappa shape index (κ3) is 8.09. The molecule has 1 heterocycles. The van der Waals surface area contributed by atoms with E-state index in [1.165, 1.54) is 10.4 Å². The Hall–Kier alpha value is -2.83. The van der Waals surface area contributed by atoms with Gasteiger partial charge in [-0.25, -0.2) is 22.0 Å². The van der Waals surface area contributed by atoms with Crippen LogP contribution in [0.3, 0.4) is 0 Å². The summed E-state index contributed by atoms with van der Waals surface area (Å²) in [5, 5.41) is 7.81. The Labute approximate surface area is 235 Å². The maximum Gasteiger partial charge on any atom is 0.243 e. The summed E-state index contributed by atoms with van der Waals surface area (Å²) in [6.45, 7) is 5.37. The van der Waals surface area contributed by atoms with E-state index in [0.717, 1.165) is 22.3 Å². The lowest BCUT2D eigenvalue weighted by Gasteiger charge is -2.30. The number of rotatable bonds is 12. The number of carbonyl (C=O) groups is 1. The predicted molar refractivity (Wildman–Crippen MR) is 153 cm³/mol. The Bertz CT molecular complexity index is 1550. The fourth-order valence-corrected chi connectivity index (χ4v) is 6.79. The number of amides is 1. The van der Waals surface area contributed by atoms with Gasteiger partial charge in [-0.05, 0) is 79.3 Å². The highest BCUT2D eigenvalue weighted by Gasteiger charge is 2.31. The minimum atomic E-state index is -4.01. The number of nitrogens with one attached hydrogen (secondary N) is 1. The van der Waals surface area contributed by atoms with E-state index in [1.807, 2.05) is 44.2 Å². The molecular formula is C27H33ClN4O5S2. The number of benzene rings is 2. The van der Waals surface area contributed by atoms with Crippen molar-refractivity contribution in [1.82, 2.24) is 14.6 Å². The van der Waals surface area contributed by atoms with E-state index in [-0.39, 0.29) is 36.6 Å². The van der Waals surface area contributed by atoms with E-state index >= 15 is 0 Å². The molecule has 3 aromatic rings. The molecule has 0 radical (unpaired) electrons. The van der Waals surface area contributed by atoms with Gasteiger partial charge in [0.1, 0.15) is 0 Å². The highest BCUT2D eigenvalue weighted by molar-refractivity contribution is 7.89. The summed E-state index contributed by atoms with van der Waals surface area (Å²) < 4.78 is 51.5. The van der Waals surface area contributed by atoms with Gasteiger partial charge in [-0.1, -0.05) is 35.9 Å². The number of carbonyl (C=O) groups excluding carboxylic acids is 1. The predicted octanol–water partition coefficient (Wildman–Crippen LogP) is 3.96. The largest absolute Gasteiger partial charge is 0.355 e. The zero-order chi connectivity index (χ0) is 28.8. The Morgan fingerprint density at radius 2 is 1.82 bits per heavy atom. The summed E-state index contributed by atoms with van der Waals surface area (Å²) in [5.74, 6) is -0.768. The number of primary sulfonamides is 1. The molecule has 0 aliphatic rings. The van der Waals surface area contributed by atoms with Crippen molar-refractivity contribution < 1.29 is 21.6 Å². The lowest BCUT2D eigenvalue weighted by Crippen LogP contribution is -2.36. The summed E-state index contributed by atoms with van der Waals surface area (Å²) in [5.41, 5.74) is 4.15. The average Bonchev–Trinajstić information content (AvgIpc) is 2.87. The first-order chi connectivity index (χ1) is 18.3. The van der Waals surface area contributed by atoms with Crippen LogP contribution < -0.4 is 10.5 Å². The fourth-order valence-electron chi connectivity index (χ4n) is 4.26. The Morgan fingerprint density at radius 3 is 2.51 bits per heavy atom. The van der Waals surface area contributed by atoms with E-state index in [1.54, 1.807) is 31.5 Å². The van der Waals surface area contributed by atoms with Crippen LogP contribution in [0.1, 0.15) is 42.5 Å². The van der Waals surface area contributed by atoms with Crippen molar-refractivity contribution in [3.05, 3.63) is 82.6 Å². The van der Waals surface area contributed by atoms with Crippen molar-refractivity contribution in [3.63, 3.8) is 0 Å². The summed E-state index contributed by atoms with van der Waals surface area (Å²) >= 11 is 6.26. The highest BCUT2D eigenvalue weighted by Crippen LogP contribution is 2.33. The average molecular weight is 593 g/mol. The van der Waals surface area contributed by atoms with Crippen LogP contribution in [-0.4, -0.2) is 50.9 Å². The molecule has 1 unspecified atom stereocenters. The number of aromatic nitrogens is 1. The van der Waals surface area contributed by atoms with E-state index < -0.39 is 32.0 Å². The van der Waals surface area contributed by atoms with Crippen LogP contribution in [0.15, 0.2) is 65.8 Å². The molecule has 210 valence electrons. The number of halogens is 1. The van der Waals surface area contributed by atoms with Gasteiger partial charge in [-0.3, -0.25) is 9.78 Å². The highest BCUT2D eigenvalue weighted by atomic mass is 35.5. The third-order valence-corrected chi connectivity index (χ3v) is 9.72. The fraction of sp³-hybridized carbons (Fsp3) is 0.333. The molecule has 12 heteroatoms. The molecule has 0 bridgehead atoms. The first kappa shape index (κ1) is 30.7. The van der Waals surface area contributed by atoms with Crippen molar-refractivity contribution in [2.45, 2.75) is 44.6 Å². The molecule has 0 spiro atoms. The van der Waals surface area contributed by atoms with Crippen molar-refractivity contribution in [1.29, 1.82) is 0 Å². The molecule has 0 aliphatic heterocycles. The van der Waals surface area contributed by atoms with Crippen LogP contribution in [0.4, 0.5) is 0 Å². The number of sulfonamides is 2. The van der Waals surface area contributed by atoms with Gasteiger partial charge in [0.25, 0.3) is 0 Å². The summed E-state index contributed by atoms with van der Waals surface area (Å²) in [6, 6.07) is 13.8. The topological polar surface area (TPSA) is 140 Å². The number of aryl methyl sites for hydroxylation is 1. The second kappa shape index (κ2) is 13.0. The second-order valence-electron chi connectivity index (χ2n) is 9.29. The molecule has 0 fully saturated rings. The molecule has 0 saturated heterocycles. The van der Waals surface area contributed by atoms with Crippen LogP contribution in [0.25, 0.3) is 11.1 Å². The molecule has 0 aliphatic carbocycles. The molecule has 3 N–H and O–H groups in total. The lowest BCUT2D eigenvalue weighted by molar-refractivity contribution is -0.121. The molecule has 2 aromatic carbocycles. The molecule has 1 aromatic heterocycles. The molecular weight excluding hydrogens is 560 g/mol. The number of pyridine rings is 1. The number of hydrogen-bond donors (Lipinski definition) is 2. The SMILES string of the molecule is Cc1cnccc1-c1cccc(C(C)N(CCCC(=O)NCCS(N)(=O)=O)S(=O)(=O)c2cccc(Cl)c2C)c1. The first-order valence-corrected chi connectivity index (χ1v) is 15.9. The third-order valence-electron chi connectivity index (χ3n) is 6.43. The van der Waals surface area contributed by atoms with Crippen LogP contribution in [0, 0.1) is 13.8 Å². The Balaban J connectivity index is 1.90. The summed E-state index contributed by atoms with van der Waals surface area (Å²) in [6.07, 6.45) is 3.71. The van der Waals surface area contributed by atoms with Gasteiger partial charge in [-0.2, -0.15) is 4.31 Å². The zero-order valence-corrected chi connectivity index (χ0v) is 24.5. The standard InChI is InChI=1S/C27H33ClN4O5S2/c1-19-18-30-13-12-24(19)23-8-4-7-22(17-23)21(3)32(15-6-11-27(33)31-14-16-38(29,34)35)39(36,37)26-10-5-9-25(28)20(26)2/h4-5,7-10,12-13,17-18,21H,6,11,14-16H2,1-3H3,(H,31,33)(H2,29,34,35). The molecule has 3 rings (SSSR count). The van der Waals surface area contributed by atoms with Gasteiger partial charge in [0, 0.05) is 43.0 Å². The zero-order valence-electron chi connectivity index (χ0n) is 22.1. The van der Waals surface area contributed by atoms with Gasteiger partial charge in [0.15, 0.2) is 0 Å². The smallest absolute Gasteiger partial charge is 0.243 e. The van der Waals surface area contributed by atoms with Crippen LogP contribution in [-0.2, 0) is 24.8 Å². The Kier molecular flexibility index (Phi) is 10.2. The van der Waals surface area contributed by atoms with E-state index in [0.29, 0.717) is 10.6 Å². The summed E-state index contributed by atoms with van der Waals surface area (Å²) in [4.78, 5) is 16.5. The first-order valence-electron chi connectivity index (χ1n) is 12.4. The summed E-state index contributed by atoms with van der Waals surface area (Å²) in [7, 11) is -7.71. The monoisotopic (exact) mass is 592 g/mol. The second-order valence-corrected chi connectivity index (χ2v) is 13.3. The quantitative estimate of drug-likeness (QED) is 0.326. The Morgan fingerprint density at radius 1 is 1.10 bits per heavy atom.